The molecule has 0 nitrogen and oxygen atoms in total. The molecule has 0 aliphatic rings. The van der Waals surface area contributed by atoms with Gasteiger partial charge in [-0.15, -0.1) is 0 Å². The van der Waals surface area contributed by atoms with Gasteiger partial charge in [0.25, 0.3) is 0 Å². The average molecular weight is 834 g/mol. The Bertz CT molecular complexity index is 1290. The summed E-state index contributed by atoms with van der Waals surface area (Å²) in [6.07, 6.45) is 0. The Morgan fingerprint density at radius 1 is 0.367 bits per heavy atom. The molecule has 0 spiro atoms. The van der Waals surface area contributed by atoms with E-state index in [4.69, 9.17) is 0 Å². The van der Waals surface area contributed by atoms with Crippen LogP contribution in [0.3, 0.4) is 0 Å². The minimum absolute atomic E-state index is 1.27. The first-order valence-corrected chi connectivity index (χ1v) is 13.7. The van der Waals surface area contributed by atoms with Gasteiger partial charge >= 0.3 is 0 Å². The van der Waals surface area contributed by atoms with E-state index in [2.05, 4.69) is 175 Å². The van der Waals surface area contributed by atoms with E-state index in [0.717, 1.165) is 0 Å². The highest BCUT2D eigenvalue weighted by Crippen LogP contribution is 2.38. The van der Waals surface area contributed by atoms with E-state index in [1.165, 1.54) is 58.1 Å². The van der Waals surface area contributed by atoms with Crippen molar-refractivity contribution in [2.75, 3.05) is 0 Å². The molecule has 0 bridgehead atoms. The Hall–Kier alpha value is -0.460. The zero-order valence-electron chi connectivity index (χ0n) is 15.6. The van der Waals surface area contributed by atoms with Crippen LogP contribution in [0.15, 0.2) is 84.9 Å². The van der Waals surface area contributed by atoms with Crippen molar-refractivity contribution in [2.45, 2.75) is 0 Å². The molecule has 0 atom stereocenters. The average Bonchev–Trinajstić information content (AvgIpc) is 2.71. The molecule has 0 unspecified atom stereocenters. The maximum Gasteiger partial charge on any atom is 0.0147 e. The summed E-state index contributed by atoms with van der Waals surface area (Å²) >= 11 is 9.62. The zero-order valence-corrected chi connectivity index (χ0v) is 24.2. The maximum absolute atomic E-state index is 2.41. The van der Waals surface area contributed by atoms with Gasteiger partial charge in [0.1, 0.15) is 0 Å². The monoisotopic (exact) mass is 834 g/mol. The van der Waals surface area contributed by atoms with Crippen LogP contribution in [0, 0.1) is 14.3 Å². The smallest absolute Gasteiger partial charge is 0.0147 e. The highest BCUT2D eigenvalue weighted by Gasteiger charge is 2.11. The second-order valence-electron chi connectivity index (χ2n) is 7.18. The second-order valence-corrected chi connectivity index (χ2v) is 12.2. The molecule has 0 fully saturated rings. The quantitative estimate of drug-likeness (QED) is 0.123. The normalized spacial score (nSPS) is 11.3. The maximum atomic E-state index is 2.41. The van der Waals surface area contributed by atoms with Gasteiger partial charge in [0.15, 0.2) is 0 Å². The molecule has 0 aliphatic carbocycles. The lowest BCUT2D eigenvalue weighted by atomic mass is 9.91. The van der Waals surface area contributed by atoms with Crippen LogP contribution in [-0.4, -0.2) is 0 Å². The van der Waals surface area contributed by atoms with Gasteiger partial charge in [0.2, 0.25) is 0 Å². The lowest BCUT2D eigenvalue weighted by Gasteiger charge is -2.13. The molecule has 146 valence electrons. The van der Waals surface area contributed by atoms with Gasteiger partial charge in [-0.2, -0.15) is 0 Å². The van der Waals surface area contributed by atoms with Gasteiger partial charge in [-0.25, -0.2) is 0 Å². The van der Waals surface area contributed by atoms with E-state index in [9.17, 15) is 0 Å². The van der Waals surface area contributed by atoms with Gasteiger partial charge in [-0.1, -0.05) is 48.5 Å². The minimum atomic E-state index is 1.27. The highest BCUT2D eigenvalue weighted by molar-refractivity contribution is 14.1. The molecule has 5 rings (SSSR count). The highest BCUT2D eigenvalue weighted by atomic mass is 127. The van der Waals surface area contributed by atoms with Crippen LogP contribution in [-0.2, 0) is 0 Å². The number of halogens is 4. The van der Waals surface area contributed by atoms with Crippen molar-refractivity contribution in [1.29, 1.82) is 0 Å². The van der Waals surface area contributed by atoms with Crippen molar-refractivity contribution >= 4 is 112 Å². The third kappa shape index (κ3) is 4.13. The van der Waals surface area contributed by atoms with Gasteiger partial charge in [0, 0.05) is 14.3 Å². The molecule has 0 amide bonds. The Morgan fingerprint density at radius 2 is 0.733 bits per heavy atom. The molecule has 0 saturated carbocycles. The number of rotatable bonds is 2. The summed E-state index contributed by atoms with van der Waals surface area (Å²) in [5.74, 6) is 0. The van der Waals surface area contributed by atoms with E-state index < -0.39 is 0 Å². The summed E-state index contributed by atoms with van der Waals surface area (Å²) in [5.41, 5.74) is 5.14. The van der Waals surface area contributed by atoms with Crippen LogP contribution in [0.1, 0.15) is 0 Å². The third-order valence-corrected chi connectivity index (χ3v) is 7.76. The summed E-state index contributed by atoms with van der Waals surface area (Å²) in [7, 11) is 0. The van der Waals surface area contributed by atoms with Crippen molar-refractivity contribution in [2.24, 2.45) is 0 Å². The topological polar surface area (TPSA) is 0 Å². The van der Waals surface area contributed by atoms with Crippen LogP contribution < -0.4 is 0 Å². The fraction of sp³-hybridized carbons (Fsp3) is 0. The first-order valence-electron chi connectivity index (χ1n) is 9.37. The SMILES string of the molecule is Ic1cc(I)cc(-c2cccc3c2ccc2c(-c4cc(I)cc(I)c4)cccc23)c1. The molecule has 0 aliphatic heterocycles. The van der Waals surface area contributed by atoms with Gasteiger partial charge in [-0.3, -0.25) is 0 Å². The van der Waals surface area contributed by atoms with Crippen LogP contribution in [0.4, 0.5) is 0 Å². The number of fused-ring (bicyclic) bond motifs is 3. The van der Waals surface area contributed by atoms with Gasteiger partial charge in [-0.05, 0) is 171 Å². The molecule has 0 saturated heterocycles. The van der Waals surface area contributed by atoms with E-state index in [0.29, 0.717) is 0 Å². The molecule has 30 heavy (non-hydrogen) atoms. The summed E-state index contributed by atoms with van der Waals surface area (Å²) in [6, 6.07) is 31.4. The van der Waals surface area contributed by atoms with Crippen molar-refractivity contribution in [3.05, 3.63) is 99.2 Å². The number of hydrogen-bond donors (Lipinski definition) is 0. The standard InChI is InChI=1S/C26H14I4/c27-17-9-15(10-18(28)13-17)21-3-1-5-23-24-6-2-4-22(26(24)8-7-25(21)23)16-11-19(29)14-20(30)12-16/h1-14H. The molecule has 0 aromatic heterocycles. The molecule has 4 heteroatoms. The van der Waals surface area contributed by atoms with Crippen LogP contribution in [0.25, 0.3) is 43.8 Å². The van der Waals surface area contributed by atoms with Crippen LogP contribution >= 0.6 is 90.4 Å². The van der Waals surface area contributed by atoms with E-state index >= 15 is 0 Å². The lowest BCUT2D eigenvalue weighted by Crippen LogP contribution is -1.88. The predicted octanol–water partition coefficient (Wildman–Crippen LogP) is 9.75. The Labute approximate surface area is 230 Å². The molecule has 5 aromatic rings. The van der Waals surface area contributed by atoms with Gasteiger partial charge < -0.3 is 0 Å². The molecule has 0 heterocycles. The molecular weight excluding hydrogens is 820 g/mol. The summed E-state index contributed by atoms with van der Waals surface area (Å²) < 4.78 is 5.07. The fourth-order valence-electron chi connectivity index (χ4n) is 4.05. The number of benzene rings is 5. The second kappa shape index (κ2) is 8.82. The van der Waals surface area contributed by atoms with Crippen molar-refractivity contribution in [1.82, 2.24) is 0 Å². The largest absolute Gasteiger partial charge is 0.0610 e. The molecule has 5 aromatic carbocycles. The van der Waals surface area contributed by atoms with E-state index in [1.807, 2.05) is 0 Å². The Kier molecular flexibility index (Phi) is 6.29. The van der Waals surface area contributed by atoms with Crippen molar-refractivity contribution < 1.29 is 0 Å². The van der Waals surface area contributed by atoms with E-state index in [1.54, 1.807) is 0 Å². The van der Waals surface area contributed by atoms with Crippen molar-refractivity contribution in [3.63, 3.8) is 0 Å². The summed E-state index contributed by atoms with van der Waals surface area (Å²) in [5, 5.41) is 5.22. The third-order valence-electron chi connectivity index (χ3n) is 5.27. The van der Waals surface area contributed by atoms with Gasteiger partial charge in [0.05, 0.1) is 0 Å². The molecular formula is C26H14I4. The molecule has 0 radical (unpaired) electrons. The summed E-state index contributed by atoms with van der Waals surface area (Å²) in [6.45, 7) is 0. The lowest BCUT2D eigenvalue weighted by molar-refractivity contribution is 1.57. The molecule has 0 N–H and O–H groups in total. The first kappa shape index (κ1) is 21.4. The predicted molar refractivity (Wildman–Crippen MR) is 163 cm³/mol. The Morgan fingerprint density at radius 3 is 1.10 bits per heavy atom. The fourth-order valence-corrected chi connectivity index (χ4v) is 7.92. The zero-order chi connectivity index (χ0) is 20.8. The summed E-state index contributed by atoms with van der Waals surface area (Å²) in [4.78, 5) is 0. The van der Waals surface area contributed by atoms with E-state index in [-0.39, 0.29) is 0 Å². The first-order chi connectivity index (χ1) is 14.5. The number of hydrogen-bond acceptors (Lipinski definition) is 0. The minimum Gasteiger partial charge on any atom is -0.0610 e. The van der Waals surface area contributed by atoms with Crippen LogP contribution in [0.5, 0.6) is 0 Å². The van der Waals surface area contributed by atoms with Crippen molar-refractivity contribution in [3.8, 4) is 22.3 Å². The Balaban J connectivity index is 1.79. The van der Waals surface area contributed by atoms with Crippen LogP contribution in [0.2, 0.25) is 0 Å².